The summed E-state index contributed by atoms with van der Waals surface area (Å²) < 4.78 is 5.57. The van der Waals surface area contributed by atoms with Crippen molar-refractivity contribution >= 4 is 6.09 Å². The molecule has 3 heteroatoms. The van der Waals surface area contributed by atoms with Gasteiger partial charge in [0, 0.05) is 19.0 Å². The molecule has 1 heterocycles. The second-order valence-corrected chi connectivity index (χ2v) is 13.0. The van der Waals surface area contributed by atoms with Crippen molar-refractivity contribution in [3.05, 3.63) is 58.7 Å². The topological polar surface area (TPSA) is 29.5 Å². The van der Waals surface area contributed by atoms with Crippen LogP contribution in [0, 0.1) is 10.8 Å². The van der Waals surface area contributed by atoms with Crippen molar-refractivity contribution in [3.63, 3.8) is 0 Å². The number of nitrogens with zero attached hydrogens (tertiary/aromatic N) is 1. The number of hydrogen-bond acceptors (Lipinski definition) is 2. The van der Waals surface area contributed by atoms with Gasteiger partial charge in [-0.1, -0.05) is 83.5 Å². The fraction of sp³-hybridized carbons (Fsp3) is 0.633. The summed E-state index contributed by atoms with van der Waals surface area (Å²) in [5.74, 6) is 0.913. The molecule has 3 rings (SSSR count). The van der Waals surface area contributed by atoms with Crippen molar-refractivity contribution in [1.82, 2.24) is 4.90 Å². The van der Waals surface area contributed by atoms with E-state index in [1.54, 1.807) is 0 Å². The van der Waals surface area contributed by atoms with Crippen LogP contribution in [-0.2, 0) is 4.74 Å². The predicted octanol–water partition coefficient (Wildman–Crippen LogP) is 8.23. The summed E-state index contributed by atoms with van der Waals surface area (Å²) in [6, 6.07) is 9.23. The first-order chi connectivity index (χ1) is 15.1. The number of carbonyl (C=O) groups excluding carboxylic acids is 1. The molecule has 0 saturated carbocycles. The summed E-state index contributed by atoms with van der Waals surface area (Å²) in [4.78, 5) is 14.3. The largest absolute Gasteiger partial charge is 0.444 e. The van der Waals surface area contributed by atoms with Crippen LogP contribution in [0.4, 0.5) is 4.79 Å². The zero-order chi connectivity index (χ0) is 24.6. The number of likely N-dealkylation sites (tertiary alicyclic amines) is 1. The molecule has 1 atom stereocenters. The van der Waals surface area contributed by atoms with E-state index in [9.17, 15) is 4.79 Å². The lowest BCUT2D eigenvalue weighted by Gasteiger charge is -2.35. The highest BCUT2D eigenvalue weighted by atomic mass is 16.6. The summed E-state index contributed by atoms with van der Waals surface area (Å²) >= 11 is 0. The van der Waals surface area contributed by atoms with E-state index >= 15 is 0 Å². The van der Waals surface area contributed by atoms with Crippen molar-refractivity contribution in [3.8, 4) is 0 Å². The number of ether oxygens (including phenoxy) is 1. The molecule has 0 aromatic heterocycles. The zero-order valence-electron chi connectivity index (χ0n) is 22.4. The highest BCUT2D eigenvalue weighted by Crippen LogP contribution is 2.44. The highest BCUT2D eigenvalue weighted by molar-refractivity contribution is 5.68. The van der Waals surface area contributed by atoms with Crippen LogP contribution in [0.5, 0.6) is 0 Å². The molecule has 1 fully saturated rings. The molecular weight excluding hydrogens is 406 g/mol. The van der Waals surface area contributed by atoms with Gasteiger partial charge in [-0.25, -0.2) is 4.79 Å². The first-order valence-corrected chi connectivity index (χ1v) is 12.6. The van der Waals surface area contributed by atoms with Crippen LogP contribution in [0.3, 0.4) is 0 Å². The number of rotatable bonds is 2. The van der Waals surface area contributed by atoms with Crippen molar-refractivity contribution in [1.29, 1.82) is 0 Å². The molecule has 1 saturated heterocycles. The number of allylic oxidation sites excluding steroid dienone is 4. The molecule has 1 aromatic rings. The van der Waals surface area contributed by atoms with Crippen molar-refractivity contribution in [2.24, 2.45) is 10.8 Å². The Morgan fingerprint density at radius 3 is 2.06 bits per heavy atom. The Hall–Kier alpha value is -2.03. The van der Waals surface area contributed by atoms with Gasteiger partial charge < -0.3 is 9.64 Å². The molecule has 1 aliphatic heterocycles. The van der Waals surface area contributed by atoms with Crippen molar-refractivity contribution in [2.75, 3.05) is 13.1 Å². The Balaban J connectivity index is 1.76. The van der Waals surface area contributed by atoms with Gasteiger partial charge >= 0.3 is 6.09 Å². The van der Waals surface area contributed by atoms with E-state index in [0.717, 1.165) is 32.4 Å². The summed E-state index contributed by atoms with van der Waals surface area (Å²) in [6.07, 6.45) is 7.83. The fourth-order valence-electron chi connectivity index (χ4n) is 4.78. The molecule has 3 nitrogen and oxygen atoms in total. The maximum Gasteiger partial charge on any atom is 0.410 e. The molecule has 0 N–H and O–H groups in total. The minimum absolute atomic E-state index is 0.140. The number of piperidine rings is 1. The Kier molecular flexibility index (Phi) is 7.22. The van der Waals surface area contributed by atoms with Gasteiger partial charge in [-0.15, -0.1) is 0 Å². The van der Waals surface area contributed by atoms with Gasteiger partial charge in [-0.2, -0.15) is 0 Å². The molecule has 182 valence electrons. The number of carbonyl (C=O) groups is 1. The Morgan fingerprint density at radius 1 is 0.909 bits per heavy atom. The summed E-state index contributed by atoms with van der Waals surface area (Å²) in [7, 11) is 0. The molecule has 1 aliphatic carbocycles. The van der Waals surface area contributed by atoms with E-state index in [1.807, 2.05) is 25.7 Å². The molecule has 1 aromatic carbocycles. The Labute approximate surface area is 202 Å². The second-order valence-electron chi connectivity index (χ2n) is 13.0. The van der Waals surface area contributed by atoms with Gasteiger partial charge in [-0.3, -0.25) is 0 Å². The van der Waals surface area contributed by atoms with Crippen LogP contribution in [0.1, 0.15) is 105 Å². The maximum absolute atomic E-state index is 12.4. The van der Waals surface area contributed by atoms with Crippen LogP contribution >= 0.6 is 0 Å². The third kappa shape index (κ3) is 6.74. The van der Waals surface area contributed by atoms with Crippen molar-refractivity contribution in [2.45, 2.75) is 99.0 Å². The fourth-order valence-corrected chi connectivity index (χ4v) is 4.78. The van der Waals surface area contributed by atoms with Crippen molar-refractivity contribution < 1.29 is 9.53 Å². The molecule has 2 aliphatic rings. The van der Waals surface area contributed by atoms with E-state index in [-0.39, 0.29) is 16.9 Å². The normalized spacial score (nSPS) is 20.9. The van der Waals surface area contributed by atoms with Crippen LogP contribution in [0.25, 0.3) is 0 Å². The van der Waals surface area contributed by atoms with Crippen LogP contribution < -0.4 is 0 Å². The minimum atomic E-state index is -0.442. The van der Waals surface area contributed by atoms with E-state index in [1.165, 1.54) is 22.3 Å². The van der Waals surface area contributed by atoms with E-state index in [4.69, 9.17) is 4.74 Å². The molecule has 0 bridgehead atoms. The van der Waals surface area contributed by atoms with E-state index in [0.29, 0.717) is 11.8 Å². The molecule has 0 spiro atoms. The SMILES string of the molecule is CC(C)(C)OC(=O)N1CCC(c2cccc(C3C=C(C(C)(C)C)C=C(C(C)(C)C)C3)c2)CC1. The molecule has 33 heavy (non-hydrogen) atoms. The molecule has 0 radical (unpaired) electrons. The van der Waals surface area contributed by atoms with Crippen LogP contribution in [-0.4, -0.2) is 29.7 Å². The standard InChI is InChI=1S/C30H45NO2/c1-28(2,3)25-18-24(19-26(20-25)29(4,5)6)23-12-10-11-22(17-23)21-13-15-31(16-14-21)27(32)33-30(7,8)9/h10-12,17-18,20-21,24H,13-16,19H2,1-9H3. The molecule has 1 unspecified atom stereocenters. The number of hydrogen-bond donors (Lipinski definition) is 0. The van der Waals surface area contributed by atoms with Crippen LogP contribution in [0.2, 0.25) is 0 Å². The smallest absolute Gasteiger partial charge is 0.410 e. The maximum atomic E-state index is 12.4. The monoisotopic (exact) mass is 451 g/mol. The summed E-state index contributed by atoms with van der Waals surface area (Å²) in [5.41, 5.74) is 5.68. The van der Waals surface area contributed by atoms with Gasteiger partial charge in [0.1, 0.15) is 5.60 Å². The van der Waals surface area contributed by atoms with Gasteiger partial charge in [0.25, 0.3) is 0 Å². The van der Waals surface area contributed by atoms with Gasteiger partial charge in [-0.05, 0) is 73.5 Å². The Bertz CT molecular complexity index is 910. The highest BCUT2D eigenvalue weighted by Gasteiger charge is 2.30. The lowest BCUT2D eigenvalue weighted by molar-refractivity contribution is 0.0205. The first kappa shape index (κ1) is 25.6. The number of amides is 1. The minimum Gasteiger partial charge on any atom is -0.444 e. The second kappa shape index (κ2) is 9.31. The predicted molar refractivity (Wildman–Crippen MR) is 139 cm³/mol. The molecular formula is C30H45NO2. The average molecular weight is 452 g/mol. The number of benzene rings is 1. The summed E-state index contributed by atoms with van der Waals surface area (Å²) in [5, 5.41) is 0. The first-order valence-electron chi connectivity index (χ1n) is 12.6. The third-order valence-electron chi connectivity index (χ3n) is 6.94. The lowest BCUT2D eigenvalue weighted by atomic mass is 9.71. The third-order valence-corrected chi connectivity index (χ3v) is 6.94. The van der Waals surface area contributed by atoms with E-state index in [2.05, 4.69) is 78.0 Å². The van der Waals surface area contributed by atoms with Gasteiger partial charge in [0.05, 0.1) is 0 Å². The lowest BCUT2D eigenvalue weighted by Crippen LogP contribution is -2.41. The van der Waals surface area contributed by atoms with Crippen LogP contribution in [0.15, 0.2) is 47.6 Å². The van der Waals surface area contributed by atoms with Gasteiger partial charge in [0.2, 0.25) is 0 Å². The van der Waals surface area contributed by atoms with Gasteiger partial charge in [0.15, 0.2) is 0 Å². The summed E-state index contributed by atoms with van der Waals surface area (Å²) in [6.45, 7) is 21.2. The average Bonchev–Trinajstić information content (AvgIpc) is 2.71. The van der Waals surface area contributed by atoms with E-state index < -0.39 is 5.60 Å². The molecule has 1 amide bonds. The Morgan fingerprint density at radius 2 is 1.52 bits per heavy atom. The zero-order valence-corrected chi connectivity index (χ0v) is 22.4. The quantitative estimate of drug-likeness (QED) is 0.453.